The van der Waals surface area contributed by atoms with Gasteiger partial charge in [-0.25, -0.2) is 13.2 Å². The third-order valence-corrected chi connectivity index (χ3v) is 7.83. The molecule has 0 radical (unpaired) electrons. The van der Waals surface area contributed by atoms with E-state index in [9.17, 15) is 40.8 Å². The predicted molar refractivity (Wildman–Crippen MR) is 149 cm³/mol. The average Bonchev–Trinajstić information content (AvgIpc) is 2.84. The molecule has 2 aromatic carbocycles. The van der Waals surface area contributed by atoms with Crippen molar-refractivity contribution < 1.29 is 55.3 Å². The number of methoxy groups -OCH3 is 1. The fraction of sp³-hybridized carbons (Fsp3) is 0.360. The number of aromatic carboxylic acids is 1. The van der Waals surface area contributed by atoms with Gasteiger partial charge in [0.1, 0.15) is 18.1 Å². The molecule has 0 atom stereocenters. The zero-order valence-electron chi connectivity index (χ0n) is 21.3. The number of benzene rings is 2. The number of rotatable bonds is 8. The van der Waals surface area contributed by atoms with E-state index in [2.05, 4.69) is 4.74 Å². The Morgan fingerprint density at radius 2 is 1.57 bits per heavy atom. The summed E-state index contributed by atoms with van der Waals surface area (Å²) in [5, 5.41) is 8.65. The Labute approximate surface area is 296 Å². The summed E-state index contributed by atoms with van der Waals surface area (Å²) in [5.41, 5.74) is -0.764. The summed E-state index contributed by atoms with van der Waals surface area (Å²) in [7, 11) is -2.56. The Kier molecular flexibility index (Phi) is 15.1. The number of halogens is 6. The molecule has 0 amide bonds. The van der Waals surface area contributed by atoms with Gasteiger partial charge in [-0.1, -0.05) is 34.8 Å². The molecule has 0 unspecified atom stereocenters. The molecule has 0 saturated heterocycles. The second-order valence-corrected chi connectivity index (χ2v) is 11.8. The molecule has 0 spiro atoms. The summed E-state index contributed by atoms with van der Waals surface area (Å²) in [6.45, 7) is -2.47. The molecule has 17 heteroatoms. The number of carboxylic acids is 1. The standard InChI is InChI=1S/C17H16ClF3O6S.C8H6Cl2O3.K.H/c1-28(25,26)13-6-5-9(15(18)10(13)7-27-8-17(19,20)21)16(24)14-11(22)3-2-4-12(14)23;1-13-7-5(10)3-2-4(9)6(7)8(11)12;;/h5-6,14H,2-4,7-8H2,1H3;2-3H,1H3,(H,11,12);;. The van der Waals surface area contributed by atoms with Crippen molar-refractivity contribution in [3.63, 3.8) is 0 Å². The summed E-state index contributed by atoms with van der Waals surface area (Å²) in [5.74, 6) is -4.67. The minimum atomic E-state index is -4.65. The maximum absolute atomic E-state index is 12.7. The first kappa shape index (κ1) is 39.0. The van der Waals surface area contributed by atoms with Gasteiger partial charge in [-0.15, -0.1) is 0 Å². The fourth-order valence-electron chi connectivity index (χ4n) is 3.83. The number of ether oxygens (including phenoxy) is 2. The minimum absolute atomic E-state index is 0. The van der Waals surface area contributed by atoms with Crippen molar-refractivity contribution in [3.05, 3.63) is 56.0 Å². The summed E-state index contributed by atoms with van der Waals surface area (Å²) < 4.78 is 70.1. The van der Waals surface area contributed by atoms with E-state index in [0.717, 1.165) is 18.4 Å². The quantitative estimate of drug-likeness (QED) is 0.229. The van der Waals surface area contributed by atoms with Crippen molar-refractivity contribution in [2.75, 3.05) is 20.0 Å². The maximum atomic E-state index is 12.7. The molecule has 1 aliphatic rings. The summed E-state index contributed by atoms with van der Waals surface area (Å²) in [6, 6.07) is 4.94. The topological polar surface area (TPSA) is 141 Å². The first-order chi connectivity index (χ1) is 18.9. The molecule has 1 saturated carbocycles. The van der Waals surface area contributed by atoms with E-state index in [1.165, 1.54) is 19.2 Å². The molecule has 2 aromatic rings. The van der Waals surface area contributed by atoms with E-state index in [1.807, 2.05) is 0 Å². The molecule has 1 aliphatic carbocycles. The zero-order valence-corrected chi connectivity index (χ0v) is 24.4. The number of carboxylic acid groups (broad SMARTS) is 1. The van der Waals surface area contributed by atoms with Crippen LogP contribution >= 0.6 is 34.8 Å². The summed E-state index contributed by atoms with van der Waals surface area (Å²) >= 11 is 17.5. The third kappa shape index (κ3) is 10.2. The zero-order chi connectivity index (χ0) is 31.3. The molecular formula is C25H23Cl3F3KO9S. The SMILES string of the molecule is COc1c(Cl)ccc(Cl)c1C(=O)O.CS(=O)(=O)c1ccc(C(=O)C2C(=O)CCCC2=O)c(Cl)c1COCC(F)(F)F.[KH]. The van der Waals surface area contributed by atoms with Crippen LogP contribution in [0.2, 0.25) is 15.1 Å². The van der Waals surface area contributed by atoms with Crippen molar-refractivity contribution in [1.29, 1.82) is 0 Å². The van der Waals surface area contributed by atoms with Crippen LogP contribution in [0.4, 0.5) is 13.2 Å². The number of hydrogen-bond acceptors (Lipinski definition) is 8. The van der Waals surface area contributed by atoms with Gasteiger partial charge in [0.05, 0.1) is 33.7 Å². The number of Topliss-reactive ketones (excluding diaryl/α,β-unsaturated/α-hetero) is 3. The number of ketones is 3. The number of alkyl halides is 3. The summed E-state index contributed by atoms with van der Waals surface area (Å²) in [4.78, 5) is 47.0. The van der Waals surface area contributed by atoms with E-state index >= 15 is 0 Å². The number of sulfone groups is 1. The van der Waals surface area contributed by atoms with Gasteiger partial charge in [-0.05, 0) is 30.7 Å². The number of carbonyl (C=O) groups is 4. The van der Waals surface area contributed by atoms with Crippen LogP contribution in [0.1, 0.15) is 45.5 Å². The van der Waals surface area contributed by atoms with Crippen molar-refractivity contribution in [2.24, 2.45) is 5.92 Å². The van der Waals surface area contributed by atoms with Crippen LogP contribution in [0.5, 0.6) is 5.75 Å². The van der Waals surface area contributed by atoms with Crippen LogP contribution in [0.25, 0.3) is 0 Å². The monoisotopic (exact) mass is 700 g/mol. The Balaban J connectivity index is 0.000000529. The Morgan fingerprint density at radius 3 is 2.02 bits per heavy atom. The predicted octanol–water partition coefficient (Wildman–Crippen LogP) is 5.00. The number of carbonyl (C=O) groups excluding carboxylic acids is 3. The van der Waals surface area contributed by atoms with Gasteiger partial charge in [0.25, 0.3) is 0 Å². The molecule has 0 bridgehead atoms. The average molecular weight is 702 g/mol. The molecule has 9 nitrogen and oxygen atoms in total. The van der Waals surface area contributed by atoms with Gasteiger partial charge < -0.3 is 14.6 Å². The van der Waals surface area contributed by atoms with E-state index < -0.39 is 68.4 Å². The molecule has 3 rings (SSSR count). The Hall–Kier alpha value is -1.07. The van der Waals surface area contributed by atoms with Crippen LogP contribution < -0.4 is 4.74 Å². The first-order valence-corrected chi connectivity index (χ1v) is 14.4. The van der Waals surface area contributed by atoms with Crippen molar-refractivity contribution in [2.45, 2.75) is 36.9 Å². The molecule has 0 aromatic heterocycles. The van der Waals surface area contributed by atoms with E-state index in [0.29, 0.717) is 6.42 Å². The van der Waals surface area contributed by atoms with Gasteiger partial charge in [-0.3, -0.25) is 14.4 Å². The molecule has 1 N–H and O–H groups in total. The fourth-order valence-corrected chi connectivity index (χ4v) is 5.59. The third-order valence-electron chi connectivity index (χ3n) is 5.61. The van der Waals surface area contributed by atoms with E-state index in [-0.39, 0.29) is 96.7 Å². The van der Waals surface area contributed by atoms with Gasteiger partial charge in [0.2, 0.25) is 0 Å². The second-order valence-electron chi connectivity index (χ2n) is 8.61. The number of hydrogen-bond donors (Lipinski definition) is 1. The molecular weight excluding hydrogens is 679 g/mol. The van der Waals surface area contributed by atoms with Crippen LogP contribution in [0.3, 0.4) is 0 Å². The van der Waals surface area contributed by atoms with Gasteiger partial charge in [0.15, 0.2) is 32.9 Å². The van der Waals surface area contributed by atoms with Crippen LogP contribution in [0, 0.1) is 5.92 Å². The van der Waals surface area contributed by atoms with Crippen LogP contribution in [-0.4, -0.2) is 114 Å². The molecule has 1 fully saturated rings. The molecule has 42 heavy (non-hydrogen) atoms. The van der Waals surface area contributed by atoms with E-state index in [4.69, 9.17) is 44.6 Å². The normalized spacial score (nSPS) is 14.0. The van der Waals surface area contributed by atoms with Crippen molar-refractivity contribution in [3.8, 4) is 5.75 Å². The molecule has 0 aliphatic heterocycles. The Bertz CT molecular complexity index is 1470. The van der Waals surface area contributed by atoms with Gasteiger partial charge in [-0.2, -0.15) is 13.2 Å². The first-order valence-electron chi connectivity index (χ1n) is 11.4. The van der Waals surface area contributed by atoms with E-state index in [1.54, 1.807) is 0 Å². The van der Waals surface area contributed by atoms with Crippen molar-refractivity contribution in [1.82, 2.24) is 0 Å². The van der Waals surface area contributed by atoms with Crippen LogP contribution in [0.15, 0.2) is 29.2 Å². The molecule has 0 heterocycles. The molecule has 226 valence electrons. The van der Waals surface area contributed by atoms with Crippen LogP contribution in [-0.2, 0) is 30.8 Å². The van der Waals surface area contributed by atoms with Gasteiger partial charge >= 0.3 is 63.5 Å². The summed E-state index contributed by atoms with van der Waals surface area (Å²) in [6.07, 6.45) is -3.40. The Morgan fingerprint density at radius 1 is 1.02 bits per heavy atom. The van der Waals surface area contributed by atoms with Gasteiger partial charge in [0, 0.05) is 30.2 Å². The second kappa shape index (κ2) is 16.3. The van der Waals surface area contributed by atoms with Crippen molar-refractivity contribution >= 4 is 119 Å².